The van der Waals surface area contributed by atoms with Crippen molar-refractivity contribution in [2.75, 3.05) is 19.6 Å². The van der Waals surface area contributed by atoms with Crippen LogP contribution in [0.25, 0.3) is 0 Å². The number of nitrogens with one attached hydrogen (secondary N) is 1. The molecule has 0 bridgehead atoms. The van der Waals surface area contributed by atoms with E-state index in [4.69, 9.17) is 11.6 Å². The molecule has 0 fully saturated rings. The zero-order valence-electron chi connectivity index (χ0n) is 13.3. The predicted octanol–water partition coefficient (Wildman–Crippen LogP) is 3.91. The molecule has 0 aliphatic heterocycles. The highest BCUT2D eigenvalue weighted by Crippen LogP contribution is 2.27. The highest BCUT2D eigenvalue weighted by atomic mass is 35.5. The molecule has 0 radical (unpaired) electrons. The zero-order valence-corrected chi connectivity index (χ0v) is 14.1. The Kier molecular flexibility index (Phi) is 6.84. The van der Waals surface area contributed by atoms with Crippen molar-refractivity contribution in [2.45, 2.75) is 26.4 Å². The molecule has 0 aliphatic carbocycles. The first-order chi connectivity index (χ1) is 10.8. The molecular formula is C18H24ClN3. The summed E-state index contributed by atoms with van der Waals surface area (Å²) in [6.45, 7) is 8.09. The van der Waals surface area contributed by atoms with E-state index in [1.807, 2.05) is 36.7 Å². The van der Waals surface area contributed by atoms with Crippen LogP contribution in [0.4, 0.5) is 0 Å². The van der Waals surface area contributed by atoms with Crippen LogP contribution in [0, 0.1) is 0 Å². The van der Waals surface area contributed by atoms with Gasteiger partial charge in [0.15, 0.2) is 0 Å². The molecule has 2 aromatic rings. The minimum absolute atomic E-state index is 0.283. The molecule has 0 aliphatic rings. The number of aromatic nitrogens is 1. The van der Waals surface area contributed by atoms with Gasteiger partial charge in [-0.15, -0.1) is 0 Å². The number of benzene rings is 1. The van der Waals surface area contributed by atoms with E-state index in [0.29, 0.717) is 0 Å². The molecule has 3 nitrogen and oxygen atoms in total. The fourth-order valence-electron chi connectivity index (χ4n) is 2.70. The lowest BCUT2D eigenvalue weighted by atomic mass is 10.0. The van der Waals surface area contributed by atoms with E-state index < -0.39 is 0 Å². The van der Waals surface area contributed by atoms with Gasteiger partial charge in [-0.05, 0) is 42.4 Å². The Morgan fingerprint density at radius 3 is 2.41 bits per heavy atom. The van der Waals surface area contributed by atoms with Crippen LogP contribution >= 0.6 is 11.6 Å². The number of halogens is 1. The maximum atomic E-state index is 6.41. The van der Waals surface area contributed by atoms with Crippen molar-refractivity contribution in [3.63, 3.8) is 0 Å². The van der Waals surface area contributed by atoms with Gasteiger partial charge >= 0.3 is 0 Å². The smallest absolute Gasteiger partial charge is 0.0487 e. The third-order valence-electron chi connectivity index (χ3n) is 3.93. The third kappa shape index (κ3) is 4.54. The molecule has 22 heavy (non-hydrogen) atoms. The highest BCUT2D eigenvalue weighted by Gasteiger charge is 2.19. The van der Waals surface area contributed by atoms with Gasteiger partial charge in [-0.2, -0.15) is 0 Å². The number of nitrogens with zero attached hydrogens (tertiary/aromatic N) is 2. The van der Waals surface area contributed by atoms with E-state index in [1.54, 1.807) is 0 Å². The average molecular weight is 318 g/mol. The van der Waals surface area contributed by atoms with Gasteiger partial charge in [-0.3, -0.25) is 9.88 Å². The molecule has 0 spiro atoms. The average Bonchev–Trinajstić information content (AvgIpc) is 2.56. The molecule has 2 rings (SSSR count). The van der Waals surface area contributed by atoms with Gasteiger partial charge in [0.1, 0.15) is 0 Å². The van der Waals surface area contributed by atoms with Crippen LogP contribution in [0.1, 0.15) is 31.0 Å². The maximum absolute atomic E-state index is 6.41. The summed E-state index contributed by atoms with van der Waals surface area (Å²) in [7, 11) is 0. The summed E-state index contributed by atoms with van der Waals surface area (Å²) in [4.78, 5) is 6.48. The number of hydrogen-bond acceptors (Lipinski definition) is 3. The normalized spacial score (nSPS) is 12.5. The van der Waals surface area contributed by atoms with Crippen LogP contribution in [-0.4, -0.2) is 29.5 Å². The van der Waals surface area contributed by atoms with Crippen molar-refractivity contribution >= 4 is 11.6 Å². The lowest BCUT2D eigenvalue weighted by Gasteiger charge is -2.31. The standard InChI is InChI=1S/C18H24ClN3/c1-3-22(4-2)18(16-7-5-6-8-17(16)19)14-21-13-15-9-11-20-12-10-15/h5-12,18,21H,3-4,13-14H2,1-2H3. The molecule has 118 valence electrons. The van der Waals surface area contributed by atoms with Gasteiger partial charge < -0.3 is 5.32 Å². The highest BCUT2D eigenvalue weighted by molar-refractivity contribution is 6.31. The second kappa shape index (κ2) is 8.89. The van der Waals surface area contributed by atoms with Gasteiger partial charge in [0, 0.05) is 36.5 Å². The quantitative estimate of drug-likeness (QED) is 0.800. The van der Waals surface area contributed by atoms with Crippen molar-refractivity contribution in [2.24, 2.45) is 0 Å². The number of hydrogen-bond donors (Lipinski definition) is 1. The zero-order chi connectivity index (χ0) is 15.8. The topological polar surface area (TPSA) is 28.2 Å². The molecule has 4 heteroatoms. The summed E-state index contributed by atoms with van der Waals surface area (Å²) < 4.78 is 0. The molecular weight excluding hydrogens is 294 g/mol. The fourth-order valence-corrected chi connectivity index (χ4v) is 2.96. The van der Waals surface area contributed by atoms with E-state index in [-0.39, 0.29) is 6.04 Å². The van der Waals surface area contributed by atoms with Crippen LogP contribution in [0.15, 0.2) is 48.8 Å². The molecule has 1 aromatic carbocycles. The lowest BCUT2D eigenvalue weighted by Crippen LogP contribution is -2.35. The first-order valence-corrected chi connectivity index (χ1v) is 8.22. The summed E-state index contributed by atoms with van der Waals surface area (Å²) in [5, 5.41) is 4.39. The van der Waals surface area contributed by atoms with Crippen LogP contribution < -0.4 is 5.32 Å². The summed E-state index contributed by atoms with van der Waals surface area (Å²) in [6.07, 6.45) is 3.65. The van der Waals surface area contributed by atoms with Gasteiger partial charge in [0.2, 0.25) is 0 Å². The van der Waals surface area contributed by atoms with E-state index in [0.717, 1.165) is 31.2 Å². The van der Waals surface area contributed by atoms with E-state index >= 15 is 0 Å². The third-order valence-corrected chi connectivity index (χ3v) is 4.28. The van der Waals surface area contributed by atoms with Crippen LogP contribution in [-0.2, 0) is 6.54 Å². The Bertz CT molecular complexity index is 555. The Balaban J connectivity index is 2.07. The van der Waals surface area contributed by atoms with Crippen molar-refractivity contribution < 1.29 is 0 Å². The first kappa shape index (κ1) is 16.9. The Hall–Kier alpha value is -1.42. The van der Waals surface area contributed by atoms with Crippen molar-refractivity contribution in [3.05, 3.63) is 64.9 Å². The van der Waals surface area contributed by atoms with Crippen LogP contribution in [0.3, 0.4) is 0 Å². The number of likely N-dealkylation sites (N-methyl/N-ethyl adjacent to an activating group) is 1. The molecule has 1 aromatic heterocycles. The monoisotopic (exact) mass is 317 g/mol. The predicted molar refractivity (Wildman–Crippen MR) is 93.1 cm³/mol. The Morgan fingerprint density at radius 1 is 1.09 bits per heavy atom. The second-order valence-electron chi connectivity index (χ2n) is 5.24. The van der Waals surface area contributed by atoms with Crippen LogP contribution in [0.5, 0.6) is 0 Å². The van der Waals surface area contributed by atoms with Crippen molar-refractivity contribution in [3.8, 4) is 0 Å². The minimum Gasteiger partial charge on any atom is -0.311 e. The molecule has 1 N–H and O–H groups in total. The van der Waals surface area contributed by atoms with Crippen molar-refractivity contribution in [1.29, 1.82) is 0 Å². The summed E-state index contributed by atoms with van der Waals surface area (Å²) in [5.41, 5.74) is 2.43. The molecule has 1 heterocycles. The maximum Gasteiger partial charge on any atom is 0.0487 e. The minimum atomic E-state index is 0.283. The SMILES string of the molecule is CCN(CC)C(CNCc1ccncc1)c1ccccc1Cl. The number of pyridine rings is 1. The lowest BCUT2D eigenvalue weighted by molar-refractivity contribution is 0.213. The van der Waals surface area contributed by atoms with E-state index in [1.165, 1.54) is 11.1 Å². The van der Waals surface area contributed by atoms with Gasteiger partial charge in [-0.25, -0.2) is 0 Å². The summed E-state index contributed by atoms with van der Waals surface area (Å²) >= 11 is 6.41. The van der Waals surface area contributed by atoms with Gasteiger partial charge in [-0.1, -0.05) is 43.6 Å². The number of rotatable bonds is 8. The molecule has 0 saturated carbocycles. The van der Waals surface area contributed by atoms with E-state index in [9.17, 15) is 0 Å². The second-order valence-corrected chi connectivity index (χ2v) is 5.65. The fraction of sp³-hybridized carbons (Fsp3) is 0.389. The summed E-state index contributed by atoms with van der Waals surface area (Å²) in [6, 6.07) is 12.5. The summed E-state index contributed by atoms with van der Waals surface area (Å²) in [5.74, 6) is 0. The van der Waals surface area contributed by atoms with Crippen LogP contribution in [0.2, 0.25) is 5.02 Å². The van der Waals surface area contributed by atoms with Gasteiger partial charge in [0.25, 0.3) is 0 Å². The van der Waals surface area contributed by atoms with Gasteiger partial charge in [0.05, 0.1) is 0 Å². The van der Waals surface area contributed by atoms with E-state index in [2.05, 4.69) is 41.2 Å². The molecule has 0 amide bonds. The Labute approximate surface area is 138 Å². The Morgan fingerprint density at radius 2 is 1.77 bits per heavy atom. The molecule has 0 saturated heterocycles. The largest absolute Gasteiger partial charge is 0.311 e. The molecule has 1 atom stereocenters. The first-order valence-electron chi connectivity index (χ1n) is 7.84. The van der Waals surface area contributed by atoms with Crippen molar-refractivity contribution in [1.82, 2.24) is 15.2 Å². The molecule has 1 unspecified atom stereocenters.